The zero-order valence-corrected chi connectivity index (χ0v) is 18.7. The monoisotopic (exact) mass is 457 g/mol. The molecule has 2 heterocycles. The smallest absolute Gasteiger partial charge is 0.262 e. The van der Waals surface area contributed by atoms with Crippen molar-refractivity contribution in [1.29, 1.82) is 0 Å². The Morgan fingerprint density at radius 1 is 1.13 bits per heavy atom. The van der Waals surface area contributed by atoms with Crippen molar-refractivity contribution in [3.05, 3.63) is 64.3 Å². The number of methoxy groups -OCH3 is 2. The average Bonchev–Trinajstić information content (AvgIpc) is 3.36. The number of ether oxygens (including phenoxy) is 3. The number of benzene rings is 2. The fourth-order valence-electron chi connectivity index (χ4n) is 3.31. The topological polar surface area (TPSA) is 88.6 Å². The van der Waals surface area contributed by atoms with E-state index in [0.717, 1.165) is 21.6 Å². The highest BCUT2D eigenvalue weighted by Gasteiger charge is 2.21. The van der Waals surface area contributed by atoms with Gasteiger partial charge in [-0.15, -0.1) is 11.3 Å². The zero-order chi connectivity index (χ0) is 22.1. The van der Waals surface area contributed by atoms with Crippen molar-refractivity contribution < 1.29 is 19.0 Å². The highest BCUT2D eigenvalue weighted by atomic mass is 35.5. The first-order valence-corrected chi connectivity index (χ1v) is 10.6. The third kappa shape index (κ3) is 3.92. The molecular formula is C22H20ClN3O4S. The van der Waals surface area contributed by atoms with Gasteiger partial charge in [-0.2, -0.15) is 0 Å². The first-order valence-electron chi connectivity index (χ1n) is 9.37. The van der Waals surface area contributed by atoms with Crippen LogP contribution in [0.5, 0.6) is 17.2 Å². The van der Waals surface area contributed by atoms with Gasteiger partial charge in [-0.1, -0.05) is 29.8 Å². The molecule has 160 valence electrons. The van der Waals surface area contributed by atoms with E-state index in [2.05, 4.69) is 4.98 Å². The van der Waals surface area contributed by atoms with E-state index in [0.29, 0.717) is 27.1 Å². The summed E-state index contributed by atoms with van der Waals surface area (Å²) in [5, 5.41) is 1.32. The van der Waals surface area contributed by atoms with Gasteiger partial charge >= 0.3 is 0 Å². The number of nitrogens with two attached hydrogens (primary N) is 1. The van der Waals surface area contributed by atoms with Gasteiger partial charge in [0, 0.05) is 28.8 Å². The highest BCUT2D eigenvalue weighted by Crippen LogP contribution is 2.38. The van der Waals surface area contributed by atoms with E-state index in [1.54, 1.807) is 38.7 Å². The van der Waals surface area contributed by atoms with E-state index in [-0.39, 0.29) is 6.10 Å². The molecule has 1 amide bonds. The molecule has 0 saturated carbocycles. The normalized spacial score (nSPS) is 12.0. The predicted molar refractivity (Wildman–Crippen MR) is 121 cm³/mol. The van der Waals surface area contributed by atoms with E-state index < -0.39 is 5.91 Å². The van der Waals surface area contributed by atoms with Crippen LogP contribution in [0.4, 0.5) is 0 Å². The maximum Gasteiger partial charge on any atom is 0.262 e. The first kappa shape index (κ1) is 21.0. The molecule has 0 fully saturated rings. The van der Waals surface area contributed by atoms with Gasteiger partial charge < -0.3 is 19.9 Å². The molecule has 1 atom stereocenters. The summed E-state index contributed by atoms with van der Waals surface area (Å²) in [4.78, 5) is 16.9. The van der Waals surface area contributed by atoms with Crippen molar-refractivity contribution in [2.24, 2.45) is 5.73 Å². The van der Waals surface area contributed by atoms with E-state index >= 15 is 0 Å². The van der Waals surface area contributed by atoms with Gasteiger partial charge in [-0.25, -0.2) is 4.98 Å². The molecule has 0 aliphatic carbocycles. The second-order valence-corrected chi connectivity index (χ2v) is 8.17. The van der Waals surface area contributed by atoms with E-state index in [9.17, 15) is 4.79 Å². The van der Waals surface area contributed by atoms with Gasteiger partial charge in [0.25, 0.3) is 5.91 Å². The second-order valence-electron chi connectivity index (χ2n) is 6.73. The molecule has 2 N–H and O–H groups in total. The van der Waals surface area contributed by atoms with Gasteiger partial charge in [-0.3, -0.25) is 9.36 Å². The molecule has 0 aliphatic heterocycles. The number of hydrogen-bond donors (Lipinski definition) is 1. The molecule has 0 unspecified atom stereocenters. The van der Waals surface area contributed by atoms with Crippen molar-refractivity contribution in [2.75, 3.05) is 14.2 Å². The number of amides is 1. The molecule has 0 spiro atoms. The Bertz CT molecular complexity index is 1270. The van der Waals surface area contributed by atoms with Crippen molar-refractivity contribution in [3.8, 4) is 22.2 Å². The molecule has 31 heavy (non-hydrogen) atoms. The van der Waals surface area contributed by atoms with Crippen LogP contribution >= 0.6 is 22.9 Å². The summed E-state index contributed by atoms with van der Waals surface area (Å²) >= 11 is 7.51. The van der Waals surface area contributed by atoms with Crippen LogP contribution in [0.3, 0.4) is 0 Å². The van der Waals surface area contributed by atoms with Crippen molar-refractivity contribution in [2.45, 2.75) is 13.0 Å². The minimum atomic E-state index is -0.568. The Morgan fingerprint density at radius 3 is 2.52 bits per heavy atom. The summed E-state index contributed by atoms with van der Waals surface area (Å²) in [5.74, 6) is 0.984. The number of carbonyl (C=O) groups is 1. The number of rotatable bonds is 7. The molecule has 9 heteroatoms. The van der Waals surface area contributed by atoms with Crippen LogP contribution in [0.1, 0.15) is 28.3 Å². The SMILES string of the molecule is COc1cc2ncn(-c3cc(O[C@@H](C)c4ccccc4Cl)c(C(N)=O)s3)c2cc1OC. The molecule has 0 saturated heterocycles. The fourth-order valence-corrected chi connectivity index (χ4v) is 4.53. The molecule has 4 aromatic rings. The lowest BCUT2D eigenvalue weighted by atomic mass is 10.1. The molecule has 4 rings (SSSR count). The number of fused-ring (bicyclic) bond motifs is 1. The summed E-state index contributed by atoms with van der Waals surface area (Å²) in [7, 11) is 3.14. The Labute approximate surface area is 187 Å². The first-order chi connectivity index (χ1) is 14.9. The van der Waals surface area contributed by atoms with Gasteiger partial charge in [0.05, 0.1) is 25.3 Å². The van der Waals surface area contributed by atoms with Crippen LogP contribution in [0.25, 0.3) is 16.0 Å². The van der Waals surface area contributed by atoms with Gasteiger partial charge in [0.2, 0.25) is 0 Å². The number of hydrogen-bond acceptors (Lipinski definition) is 6. The number of halogens is 1. The lowest BCUT2D eigenvalue weighted by molar-refractivity contribution is 0.0998. The van der Waals surface area contributed by atoms with Crippen molar-refractivity contribution >= 4 is 39.9 Å². The molecule has 2 aromatic carbocycles. The van der Waals surface area contributed by atoms with E-state index in [1.807, 2.05) is 35.8 Å². The largest absolute Gasteiger partial charge is 0.493 e. The third-order valence-corrected chi connectivity index (χ3v) is 6.32. The van der Waals surface area contributed by atoms with Crippen LogP contribution in [-0.2, 0) is 0 Å². The maximum absolute atomic E-state index is 12.1. The van der Waals surface area contributed by atoms with Crippen LogP contribution in [0.2, 0.25) is 5.02 Å². The van der Waals surface area contributed by atoms with E-state index in [4.69, 9.17) is 31.5 Å². The van der Waals surface area contributed by atoms with E-state index in [1.165, 1.54) is 11.3 Å². The quantitative estimate of drug-likeness (QED) is 0.422. The molecule has 0 bridgehead atoms. The minimum Gasteiger partial charge on any atom is -0.493 e. The Morgan fingerprint density at radius 2 is 1.84 bits per heavy atom. The number of imidazole rings is 1. The summed E-state index contributed by atoms with van der Waals surface area (Å²) in [6.45, 7) is 1.87. The number of carbonyl (C=O) groups excluding carboxylic acids is 1. The Kier molecular flexibility index (Phi) is 5.75. The lowest BCUT2D eigenvalue weighted by Gasteiger charge is -2.16. The standard InChI is InChI=1S/C22H20ClN3O4S/c1-12(13-6-4-5-7-14(13)23)30-19-10-20(31-21(19)22(24)27)26-11-25-15-8-17(28-2)18(29-3)9-16(15)26/h4-12H,1-3H3,(H2,24,27)/t12-/m0/s1. The number of aromatic nitrogens is 2. The minimum absolute atomic E-state index is 0.316. The lowest BCUT2D eigenvalue weighted by Crippen LogP contribution is -2.12. The van der Waals surface area contributed by atoms with Crippen LogP contribution < -0.4 is 19.9 Å². The van der Waals surface area contributed by atoms with Gasteiger partial charge in [0.1, 0.15) is 28.1 Å². The third-order valence-electron chi connectivity index (χ3n) is 4.85. The number of primary amides is 1. The van der Waals surface area contributed by atoms with Crippen molar-refractivity contribution in [1.82, 2.24) is 9.55 Å². The summed E-state index contributed by atoms with van der Waals surface area (Å²) in [6.07, 6.45) is 1.29. The van der Waals surface area contributed by atoms with Crippen LogP contribution in [-0.4, -0.2) is 29.7 Å². The van der Waals surface area contributed by atoms with Gasteiger partial charge in [-0.05, 0) is 13.0 Å². The predicted octanol–water partition coefficient (Wildman–Crippen LogP) is 5.00. The number of thiophene rings is 1. The van der Waals surface area contributed by atoms with Crippen molar-refractivity contribution in [3.63, 3.8) is 0 Å². The summed E-state index contributed by atoms with van der Waals surface area (Å²) in [6, 6.07) is 12.8. The maximum atomic E-state index is 12.1. The van der Waals surface area contributed by atoms with Gasteiger partial charge in [0.15, 0.2) is 11.5 Å². The molecule has 7 nitrogen and oxygen atoms in total. The summed E-state index contributed by atoms with van der Waals surface area (Å²) < 4.78 is 18.7. The molecular weight excluding hydrogens is 438 g/mol. The Hall–Kier alpha value is -3.23. The highest BCUT2D eigenvalue weighted by molar-refractivity contribution is 7.16. The summed E-state index contributed by atoms with van der Waals surface area (Å²) in [5.41, 5.74) is 7.96. The Balaban J connectivity index is 1.76. The number of nitrogens with zero attached hydrogens (tertiary/aromatic N) is 2. The van der Waals surface area contributed by atoms with Crippen LogP contribution in [0, 0.1) is 0 Å². The molecule has 0 radical (unpaired) electrons. The molecule has 2 aromatic heterocycles. The fraction of sp³-hybridized carbons (Fsp3) is 0.182. The zero-order valence-electron chi connectivity index (χ0n) is 17.1. The second kappa shape index (κ2) is 8.49. The van der Waals surface area contributed by atoms with Crippen LogP contribution in [0.15, 0.2) is 48.8 Å². The average molecular weight is 458 g/mol. The molecule has 0 aliphatic rings.